The van der Waals surface area contributed by atoms with Crippen LogP contribution in [-0.2, 0) is 6.54 Å². The van der Waals surface area contributed by atoms with Crippen LogP contribution in [0.25, 0.3) is 21.8 Å². The molecule has 2 aromatic heterocycles. The lowest BCUT2D eigenvalue weighted by Gasteiger charge is -2.27. The Balaban J connectivity index is 1.83. The van der Waals surface area contributed by atoms with E-state index in [9.17, 15) is 4.39 Å². The molecule has 4 rings (SSSR count). The number of rotatable bonds is 4. The summed E-state index contributed by atoms with van der Waals surface area (Å²) in [5, 5.41) is 5.34. The number of nitrogens with one attached hydrogen (secondary N) is 1. The van der Waals surface area contributed by atoms with E-state index >= 15 is 0 Å². The third-order valence-corrected chi connectivity index (χ3v) is 5.04. The van der Waals surface area contributed by atoms with Crippen molar-refractivity contribution >= 4 is 21.8 Å². The van der Waals surface area contributed by atoms with Crippen molar-refractivity contribution in [1.29, 1.82) is 0 Å². The lowest BCUT2D eigenvalue weighted by Crippen LogP contribution is -2.44. The number of hydrogen-bond donors (Lipinski definition) is 1. The highest BCUT2D eigenvalue weighted by Gasteiger charge is 2.17. The largest absolute Gasteiger partial charge is 0.497 e. The summed E-state index contributed by atoms with van der Waals surface area (Å²) in [6, 6.07) is 7.51. The molecule has 0 atom stereocenters. The fourth-order valence-corrected chi connectivity index (χ4v) is 3.79. The van der Waals surface area contributed by atoms with Crippen LogP contribution < -0.4 is 10.1 Å². The second-order valence-electron chi connectivity index (χ2n) is 6.55. The average molecular weight is 342 g/mol. The Bertz CT molecular complexity index is 915. The number of aryl methyl sites for hydroxylation is 1. The number of halogens is 1. The van der Waals surface area contributed by atoms with Gasteiger partial charge < -0.3 is 14.6 Å². The number of aromatic nitrogens is 2. The number of nitrogens with zero attached hydrogens (tertiary/aromatic N) is 3. The summed E-state index contributed by atoms with van der Waals surface area (Å²) in [5.74, 6) is 0.381. The first-order chi connectivity index (χ1) is 12.2. The van der Waals surface area contributed by atoms with Crippen LogP contribution in [0.1, 0.15) is 5.69 Å². The molecule has 1 saturated heterocycles. The van der Waals surface area contributed by atoms with Gasteiger partial charge in [-0.15, -0.1) is 0 Å². The van der Waals surface area contributed by atoms with E-state index < -0.39 is 5.95 Å². The minimum atomic E-state index is -0.429. The van der Waals surface area contributed by atoms with Gasteiger partial charge in [0, 0.05) is 62.2 Å². The van der Waals surface area contributed by atoms with Crippen molar-refractivity contribution in [3.05, 3.63) is 35.9 Å². The third kappa shape index (κ3) is 2.96. The fraction of sp³-hybridized carbons (Fsp3) is 0.421. The summed E-state index contributed by atoms with van der Waals surface area (Å²) >= 11 is 0. The molecule has 6 heteroatoms. The Morgan fingerprint density at radius 1 is 1.16 bits per heavy atom. The molecular weight excluding hydrogens is 319 g/mol. The number of pyridine rings is 1. The van der Waals surface area contributed by atoms with E-state index in [2.05, 4.69) is 19.8 Å². The molecule has 0 saturated carbocycles. The lowest BCUT2D eigenvalue weighted by molar-refractivity contribution is 0.234. The average Bonchev–Trinajstić information content (AvgIpc) is 2.94. The summed E-state index contributed by atoms with van der Waals surface area (Å²) in [6.45, 7) is 7.89. The smallest absolute Gasteiger partial charge is 0.213 e. The van der Waals surface area contributed by atoms with Gasteiger partial charge in [0.25, 0.3) is 0 Å². The van der Waals surface area contributed by atoms with E-state index in [1.165, 1.54) is 0 Å². The zero-order valence-corrected chi connectivity index (χ0v) is 14.7. The summed E-state index contributed by atoms with van der Waals surface area (Å²) in [4.78, 5) is 6.51. The van der Waals surface area contributed by atoms with Gasteiger partial charge in [-0.05, 0) is 19.1 Å². The molecule has 1 aliphatic rings. The third-order valence-electron chi connectivity index (χ3n) is 5.04. The van der Waals surface area contributed by atoms with Gasteiger partial charge in [0.1, 0.15) is 5.75 Å². The van der Waals surface area contributed by atoms with Gasteiger partial charge in [0.2, 0.25) is 5.95 Å². The van der Waals surface area contributed by atoms with Crippen molar-refractivity contribution in [3.8, 4) is 5.75 Å². The van der Waals surface area contributed by atoms with Gasteiger partial charge >= 0.3 is 0 Å². The zero-order chi connectivity index (χ0) is 17.4. The summed E-state index contributed by atoms with van der Waals surface area (Å²) in [6.07, 6.45) is 0. The Hall–Kier alpha value is -2.18. The highest BCUT2D eigenvalue weighted by Crippen LogP contribution is 2.33. The van der Waals surface area contributed by atoms with Crippen LogP contribution >= 0.6 is 0 Å². The van der Waals surface area contributed by atoms with E-state index in [-0.39, 0.29) is 0 Å². The van der Waals surface area contributed by atoms with Gasteiger partial charge in [0.05, 0.1) is 23.8 Å². The standard InChI is InChI=1S/C19H23FN4O/c1-13-19-16(12-18(20)22-13)15-4-3-14(25-2)11-17(15)24(19)10-9-23-7-5-21-6-8-23/h3-4,11-12,21H,5-10H2,1-2H3. The predicted molar refractivity (Wildman–Crippen MR) is 97.8 cm³/mol. The number of ether oxygens (including phenoxy) is 1. The van der Waals surface area contributed by atoms with Crippen LogP contribution in [0.5, 0.6) is 5.75 Å². The summed E-state index contributed by atoms with van der Waals surface area (Å²) < 4.78 is 21.6. The fourth-order valence-electron chi connectivity index (χ4n) is 3.79. The quantitative estimate of drug-likeness (QED) is 0.740. The molecular formula is C19H23FN4O. The molecule has 0 amide bonds. The second kappa shape index (κ2) is 6.61. The molecule has 0 aliphatic carbocycles. The molecule has 3 aromatic rings. The first-order valence-corrected chi connectivity index (χ1v) is 8.73. The lowest BCUT2D eigenvalue weighted by atomic mass is 10.1. The van der Waals surface area contributed by atoms with Crippen molar-refractivity contribution in [2.45, 2.75) is 13.5 Å². The Kier molecular flexibility index (Phi) is 4.31. The topological polar surface area (TPSA) is 42.3 Å². The SMILES string of the molecule is COc1ccc2c3cc(F)nc(C)c3n(CCN3CCNCC3)c2c1. The van der Waals surface area contributed by atoms with Crippen molar-refractivity contribution in [2.75, 3.05) is 39.8 Å². The van der Waals surface area contributed by atoms with Crippen molar-refractivity contribution < 1.29 is 9.13 Å². The van der Waals surface area contributed by atoms with Crippen LogP contribution in [0.15, 0.2) is 24.3 Å². The molecule has 1 aliphatic heterocycles. The molecule has 0 unspecified atom stereocenters. The van der Waals surface area contributed by atoms with Crippen molar-refractivity contribution in [2.24, 2.45) is 0 Å². The van der Waals surface area contributed by atoms with Crippen LogP contribution in [-0.4, -0.2) is 54.3 Å². The van der Waals surface area contributed by atoms with Crippen molar-refractivity contribution in [3.63, 3.8) is 0 Å². The highest BCUT2D eigenvalue weighted by atomic mass is 19.1. The molecule has 0 radical (unpaired) electrons. The Labute approximate surface area is 146 Å². The zero-order valence-electron chi connectivity index (χ0n) is 14.7. The molecule has 25 heavy (non-hydrogen) atoms. The van der Waals surface area contributed by atoms with Gasteiger partial charge in [-0.1, -0.05) is 0 Å². The van der Waals surface area contributed by atoms with Crippen molar-refractivity contribution in [1.82, 2.24) is 19.8 Å². The molecule has 0 bridgehead atoms. The Morgan fingerprint density at radius 3 is 2.72 bits per heavy atom. The van der Waals surface area contributed by atoms with Crippen LogP contribution in [0.2, 0.25) is 0 Å². The maximum absolute atomic E-state index is 13.9. The maximum atomic E-state index is 13.9. The minimum Gasteiger partial charge on any atom is -0.497 e. The highest BCUT2D eigenvalue weighted by molar-refractivity contribution is 6.09. The number of piperazine rings is 1. The van der Waals surface area contributed by atoms with E-state index in [0.29, 0.717) is 0 Å². The van der Waals surface area contributed by atoms with Gasteiger partial charge in [-0.25, -0.2) is 4.98 Å². The van der Waals surface area contributed by atoms with Gasteiger partial charge in [-0.2, -0.15) is 4.39 Å². The van der Waals surface area contributed by atoms with Crippen LogP contribution in [0.3, 0.4) is 0 Å². The summed E-state index contributed by atoms with van der Waals surface area (Å²) in [5.41, 5.74) is 2.81. The van der Waals surface area contributed by atoms with E-state index in [1.807, 2.05) is 25.1 Å². The molecule has 3 heterocycles. The predicted octanol–water partition coefficient (Wildman–Crippen LogP) is 2.55. The number of fused-ring (bicyclic) bond motifs is 3. The number of benzene rings is 1. The second-order valence-corrected chi connectivity index (χ2v) is 6.55. The normalized spacial score (nSPS) is 16.0. The number of methoxy groups -OCH3 is 1. The Morgan fingerprint density at radius 2 is 1.96 bits per heavy atom. The van der Waals surface area contributed by atoms with Crippen LogP contribution in [0.4, 0.5) is 4.39 Å². The van der Waals surface area contributed by atoms with Gasteiger partial charge in [0.15, 0.2) is 0 Å². The van der Waals surface area contributed by atoms with Crippen LogP contribution in [0, 0.1) is 12.9 Å². The number of hydrogen-bond acceptors (Lipinski definition) is 4. The first-order valence-electron chi connectivity index (χ1n) is 8.73. The maximum Gasteiger partial charge on any atom is 0.213 e. The monoisotopic (exact) mass is 342 g/mol. The molecule has 0 spiro atoms. The first kappa shape index (κ1) is 16.3. The molecule has 1 fully saturated rings. The minimum absolute atomic E-state index is 0.429. The summed E-state index contributed by atoms with van der Waals surface area (Å²) in [7, 11) is 1.67. The molecule has 5 nitrogen and oxygen atoms in total. The van der Waals surface area contributed by atoms with E-state index in [0.717, 1.165) is 72.5 Å². The van der Waals surface area contributed by atoms with Gasteiger partial charge in [-0.3, -0.25) is 4.90 Å². The van der Waals surface area contributed by atoms with E-state index in [1.54, 1.807) is 13.2 Å². The van der Waals surface area contributed by atoms with E-state index in [4.69, 9.17) is 4.74 Å². The molecule has 132 valence electrons. The molecule has 1 N–H and O–H groups in total. The molecule has 1 aromatic carbocycles.